The van der Waals surface area contributed by atoms with Crippen LogP contribution in [0.3, 0.4) is 0 Å². The van der Waals surface area contributed by atoms with Crippen LogP contribution < -0.4 is 5.32 Å². The monoisotopic (exact) mass is 617 g/mol. The van der Waals surface area contributed by atoms with E-state index < -0.39 is 17.4 Å². The van der Waals surface area contributed by atoms with Crippen molar-refractivity contribution < 1.29 is 13.2 Å². The minimum Gasteiger partial charge on any atom is -0.379 e. The van der Waals surface area contributed by atoms with E-state index in [-0.39, 0.29) is 10.1 Å². The highest BCUT2D eigenvalue weighted by molar-refractivity contribution is 7.89. The molecule has 3 saturated heterocycles. The van der Waals surface area contributed by atoms with Crippen molar-refractivity contribution in [3.8, 4) is 0 Å². The highest BCUT2D eigenvalue weighted by atomic mass is 35.5. The molecule has 0 unspecified atom stereocenters. The molecule has 0 bridgehead atoms. The largest absolute Gasteiger partial charge is 0.379 e. The summed E-state index contributed by atoms with van der Waals surface area (Å²) in [6.45, 7) is 12.5. The van der Waals surface area contributed by atoms with E-state index in [1.807, 2.05) is 0 Å². The summed E-state index contributed by atoms with van der Waals surface area (Å²) in [4.78, 5) is 0.191. The van der Waals surface area contributed by atoms with E-state index in [9.17, 15) is 8.42 Å². The van der Waals surface area contributed by atoms with E-state index >= 15 is 0 Å². The summed E-state index contributed by atoms with van der Waals surface area (Å²) in [7, 11) is -5.92. The third-order valence-electron chi connectivity index (χ3n) is 7.87. The first-order chi connectivity index (χ1) is 18.6. The van der Waals surface area contributed by atoms with Gasteiger partial charge in [-0.1, -0.05) is 58.1 Å². The second-order valence-corrected chi connectivity index (χ2v) is 18.2. The molecule has 0 atom stereocenters. The Kier molecular flexibility index (Phi) is 10.9. The van der Waals surface area contributed by atoms with E-state index in [2.05, 4.69) is 35.4 Å². The number of benzene rings is 1. The molecule has 4 rings (SSSR count). The Labute approximate surface area is 246 Å². The van der Waals surface area contributed by atoms with Crippen LogP contribution in [0.15, 0.2) is 27.8 Å². The molecule has 220 valence electrons. The summed E-state index contributed by atoms with van der Waals surface area (Å²) < 4.78 is 44.2. The standard InChI is InChI=1S/C27H45ClN5O3PS2/c1-27(2,3)37(31-14-8-4-5-9-15-31,32-16-10-6-7-11-17-32)30-26(38)29-25-22-23(12-13-24(25)28)39(34,35)33-18-20-36-21-19-33/h12-13,22H,4-11,14-21H2,1-3H3,(H,29,38). The van der Waals surface area contributed by atoms with E-state index in [0.29, 0.717) is 42.1 Å². The molecule has 0 aromatic heterocycles. The summed E-state index contributed by atoms with van der Waals surface area (Å²) >= 11 is 12.5. The zero-order chi connectivity index (χ0) is 28.1. The molecule has 0 aliphatic carbocycles. The highest BCUT2D eigenvalue weighted by Crippen LogP contribution is 2.67. The topological polar surface area (TPSA) is 77.5 Å². The number of anilines is 1. The zero-order valence-electron chi connectivity index (χ0n) is 23.7. The minimum atomic E-state index is -3.67. The van der Waals surface area contributed by atoms with Crippen LogP contribution in [-0.2, 0) is 14.8 Å². The molecule has 1 aromatic rings. The van der Waals surface area contributed by atoms with Gasteiger partial charge in [-0.15, -0.1) is 0 Å². The number of hydrogen-bond donors (Lipinski definition) is 1. The van der Waals surface area contributed by atoms with Gasteiger partial charge in [-0.25, -0.2) is 13.2 Å². The lowest BCUT2D eigenvalue weighted by molar-refractivity contribution is 0.0730. The van der Waals surface area contributed by atoms with Crippen molar-refractivity contribution in [2.24, 2.45) is 4.74 Å². The maximum absolute atomic E-state index is 13.3. The second-order valence-electron chi connectivity index (χ2n) is 11.7. The van der Waals surface area contributed by atoms with Crippen LogP contribution in [0.5, 0.6) is 0 Å². The number of morpholine rings is 1. The van der Waals surface area contributed by atoms with Gasteiger partial charge in [0.05, 0.1) is 28.8 Å². The van der Waals surface area contributed by atoms with Gasteiger partial charge < -0.3 is 10.1 Å². The van der Waals surface area contributed by atoms with Crippen LogP contribution >= 0.6 is 31.2 Å². The molecule has 0 saturated carbocycles. The van der Waals surface area contributed by atoms with Crippen molar-refractivity contribution in [1.29, 1.82) is 0 Å². The Morgan fingerprint density at radius 3 is 1.92 bits per heavy atom. The maximum atomic E-state index is 13.3. The van der Waals surface area contributed by atoms with Crippen molar-refractivity contribution in [3.63, 3.8) is 0 Å². The summed E-state index contributed by atoms with van der Waals surface area (Å²) in [6.07, 6.45) is 9.71. The van der Waals surface area contributed by atoms with Gasteiger partial charge in [-0.2, -0.15) is 4.31 Å². The number of halogens is 1. The first-order valence-electron chi connectivity index (χ1n) is 14.4. The number of nitrogens with one attached hydrogen (secondary N) is 1. The molecule has 1 aromatic carbocycles. The van der Waals surface area contributed by atoms with Crippen molar-refractivity contribution in [3.05, 3.63) is 23.2 Å². The number of ether oxygens (including phenoxy) is 1. The summed E-state index contributed by atoms with van der Waals surface area (Å²) in [5, 5.41) is 3.93. The Morgan fingerprint density at radius 2 is 1.44 bits per heavy atom. The quantitative estimate of drug-likeness (QED) is 0.293. The molecule has 3 aliphatic rings. The van der Waals surface area contributed by atoms with Gasteiger partial charge in [0.2, 0.25) is 10.0 Å². The van der Waals surface area contributed by atoms with Crippen LogP contribution in [-0.4, -0.2) is 84.8 Å². The first-order valence-corrected chi connectivity index (χ1v) is 18.2. The first kappa shape index (κ1) is 31.4. The SMILES string of the molecule is CC(C)(C)P(=NC(=S)Nc1cc(S(=O)(=O)N2CCOCC2)ccc1Cl)(N1CCCCCC1)N1CCCCCC1. The normalized spacial score (nSPS) is 21.6. The number of sulfonamides is 1. The van der Waals surface area contributed by atoms with E-state index in [1.165, 1.54) is 55.7 Å². The number of hydrogen-bond acceptors (Lipinski definition) is 4. The molecule has 3 heterocycles. The zero-order valence-corrected chi connectivity index (χ0v) is 27.0. The molecular formula is C27H45ClN5O3PS2. The predicted molar refractivity (Wildman–Crippen MR) is 166 cm³/mol. The molecule has 0 radical (unpaired) electrons. The molecular weight excluding hydrogens is 573 g/mol. The summed E-state index contributed by atoms with van der Waals surface area (Å²) in [6, 6.07) is 4.76. The lowest BCUT2D eigenvalue weighted by Crippen LogP contribution is -2.42. The minimum absolute atomic E-state index is 0.112. The van der Waals surface area contributed by atoms with Crippen LogP contribution in [0.25, 0.3) is 0 Å². The molecule has 3 fully saturated rings. The van der Waals surface area contributed by atoms with E-state index in [0.717, 1.165) is 26.2 Å². The second kappa shape index (κ2) is 13.6. The Bertz CT molecular complexity index is 1130. The van der Waals surface area contributed by atoms with Crippen LogP contribution in [0, 0.1) is 0 Å². The van der Waals surface area contributed by atoms with Crippen LogP contribution in [0.2, 0.25) is 5.02 Å². The average Bonchev–Trinajstić information content (AvgIpc) is 3.34. The molecule has 0 amide bonds. The van der Waals surface area contributed by atoms with Gasteiger partial charge in [0.25, 0.3) is 0 Å². The van der Waals surface area contributed by atoms with Gasteiger partial charge in [-0.3, -0.25) is 9.34 Å². The van der Waals surface area contributed by atoms with E-state index in [4.69, 9.17) is 33.3 Å². The van der Waals surface area contributed by atoms with E-state index in [1.54, 1.807) is 18.2 Å². The van der Waals surface area contributed by atoms with Crippen molar-refractivity contribution in [2.75, 3.05) is 57.8 Å². The molecule has 39 heavy (non-hydrogen) atoms. The van der Waals surface area contributed by atoms with Gasteiger partial charge in [0.15, 0.2) is 5.11 Å². The molecule has 0 spiro atoms. The lowest BCUT2D eigenvalue weighted by atomic mass is 10.2. The van der Waals surface area contributed by atoms with Crippen molar-refractivity contribution >= 4 is 52.0 Å². The lowest BCUT2D eigenvalue weighted by Gasteiger charge is -2.50. The maximum Gasteiger partial charge on any atom is 0.243 e. The highest BCUT2D eigenvalue weighted by Gasteiger charge is 2.44. The fraction of sp³-hybridized carbons (Fsp3) is 0.741. The third kappa shape index (κ3) is 7.26. The number of rotatable bonds is 5. The van der Waals surface area contributed by atoms with Crippen molar-refractivity contribution in [2.45, 2.75) is 82.2 Å². The molecule has 8 nitrogen and oxygen atoms in total. The predicted octanol–water partition coefficient (Wildman–Crippen LogP) is 6.64. The third-order valence-corrected chi connectivity index (χ3v) is 15.1. The van der Waals surface area contributed by atoms with Crippen molar-refractivity contribution in [1.82, 2.24) is 13.6 Å². The number of nitrogens with zero attached hydrogens (tertiary/aromatic N) is 4. The smallest absolute Gasteiger partial charge is 0.243 e. The van der Waals surface area contributed by atoms with Crippen LogP contribution in [0.4, 0.5) is 5.69 Å². The Balaban J connectivity index is 1.72. The summed E-state index contributed by atoms with van der Waals surface area (Å²) in [5.41, 5.74) is 0.471. The fourth-order valence-corrected chi connectivity index (χ4v) is 12.6. The molecule has 3 aliphatic heterocycles. The Hall–Kier alpha value is -0.580. The molecule has 12 heteroatoms. The van der Waals surface area contributed by atoms with Crippen LogP contribution in [0.1, 0.15) is 72.1 Å². The van der Waals surface area contributed by atoms with Gasteiger partial charge in [0.1, 0.15) is 7.36 Å². The van der Waals surface area contributed by atoms with Gasteiger partial charge >= 0.3 is 0 Å². The average molecular weight is 618 g/mol. The molecule has 1 N–H and O–H groups in total. The fourth-order valence-electron chi connectivity index (χ4n) is 5.93. The summed E-state index contributed by atoms with van der Waals surface area (Å²) in [5.74, 6) is 0. The Morgan fingerprint density at radius 1 is 0.923 bits per heavy atom. The number of thiocarbonyl (C=S) groups is 1. The van der Waals surface area contributed by atoms with Gasteiger partial charge in [0, 0.05) is 44.4 Å². The van der Waals surface area contributed by atoms with Gasteiger partial charge in [-0.05, 0) is 56.1 Å².